The molecule has 0 aliphatic carbocycles. The van der Waals surface area contributed by atoms with Crippen molar-refractivity contribution >= 4 is 5.82 Å². The van der Waals surface area contributed by atoms with Gasteiger partial charge in [-0.05, 0) is 22.8 Å². The highest BCUT2D eigenvalue weighted by Crippen LogP contribution is 2.33. The molecule has 1 N–H and O–H groups in total. The third-order valence-electron chi connectivity index (χ3n) is 5.39. The van der Waals surface area contributed by atoms with Crippen LogP contribution in [-0.4, -0.2) is 39.7 Å². The average Bonchev–Trinajstić information content (AvgIpc) is 3.19. The number of hydrogen-bond acceptors (Lipinski definition) is 4. The van der Waals surface area contributed by atoms with Gasteiger partial charge in [0.05, 0.1) is 24.6 Å². The minimum absolute atomic E-state index is 0.194. The molecule has 0 atom stereocenters. The number of aryl methyl sites for hydroxylation is 1. The summed E-state index contributed by atoms with van der Waals surface area (Å²) in [5.41, 5.74) is 4.50. The highest BCUT2D eigenvalue weighted by atomic mass is 15.4. The fourth-order valence-corrected chi connectivity index (χ4v) is 3.85. The Morgan fingerprint density at radius 2 is 1.48 bits per heavy atom. The molecule has 0 spiro atoms. The van der Waals surface area contributed by atoms with Gasteiger partial charge in [-0.15, -0.1) is 0 Å². The molecule has 27 heavy (non-hydrogen) atoms. The molecule has 2 aromatic rings. The van der Waals surface area contributed by atoms with E-state index in [0.717, 1.165) is 32.7 Å². The Labute approximate surface area is 163 Å². The van der Waals surface area contributed by atoms with Crippen LogP contribution in [0.2, 0.25) is 0 Å². The molecule has 2 aliphatic heterocycles. The van der Waals surface area contributed by atoms with Gasteiger partial charge in [-0.3, -0.25) is 4.68 Å². The minimum atomic E-state index is 0.194. The summed E-state index contributed by atoms with van der Waals surface area (Å²) in [6, 6.07) is 0. The summed E-state index contributed by atoms with van der Waals surface area (Å²) >= 11 is 0. The van der Waals surface area contributed by atoms with E-state index < -0.39 is 0 Å². The van der Waals surface area contributed by atoms with Gasteiger partial charge in [0, 0.05) is 38.8 Å². The molecule has 0 bridgehead atoms. The first-order valence-electron chi connectivity index (χ1n) is 10.1. The van der Waals surface area contributed by atoms with Crippen molar-refractivity contribution in [1.82, 2.24) is 24.9 Å². The first-order chi connectivity index (χ1) is 12.6. The van der Waals surface area contributed by atoms with Crippen LogP contribution in [0.1, 0.15) is 64.8 Å². The van der Waals surface area contributed by atoms with Crippen molar-refractivity contribution < 1.29 is 0 Å². The van der Waals surface area contributed by atoms with E-state index >= 15 is 0 Å². The summed E-state index contributed by atoms with van der Waals surface area (Å²) in [6.07, 6.45) is 5.24. The predicted molar refractivity (Wildman–Crippen MR) is 111 cm³/mol. The Morgan fingerprint density at radius 1 is 0.852 bits per heavy atom. The quantitative estimate of drug-likeness (QED) is 0.771. The van der Waals surface area contributed by atoms with Gasteiger partial charge >= 0.3 is 0 Å². The number of nitrogens with zero attached hydrogens (tertiary/aromatic N) is 5. The molecular weight excluding hydrogens is 336 g/mol. The predicted octanol–water partition coefficient (Wildman–Crippen LogP) is 3.30. The van der Waals surface area contributed by atoms with E-state index in [0.29, 0.717) is 0 Å². The normalized spacial score (nSPS) is 17.1. The zero-order chi connectivity index (χ0) is 19.8. The summed E-state index contributed by atoms with van der Waals surface area (Å²) in [6.45, 7) is 18.7. The standard InChI is InChI=1S/C11H19N3.C10H17N3/c1-11(2,3)9-8-12-14-7-5-6-13(4)10(9)14;1-10(2,3)8-6-12-13-5-4-11-7-9(8)13/h8H,5-7H2,1-4H3;6,11H,4-5,7H2,1-3H3. The van der Waals surface area contributed by atoms with Gasteiger partial charge in [0.15, 0.2) is 0 Å². The third kappa shape index (κ3) is 4.21. The molecule has 6 nitrogen and oxygen atoms in total. The second-order valence-corrected chi connectivity index (χ2v) is 9.78. The number of fused-ring (bicyclic) bond motifs is 2. The molecule has 2 aromatic heterocycles. The molecule has 150 valence electrons. The van der Waals surface area contributed by atoms with Gasteiger partial charge < -0.3 is 10.2 Å². The van der Waals surface area contributed by atoms with E-state index in [1.165, 1.54) is 29.1 Å². The van der Waals surface area contributed by atoms with Gasteiger partial charge in [0.2, 0.25) is 0 Å². The van der Waals surface area contributed by atoms with E-state index in [-0.39, 0.29) is 10.8 Å². The molecule has 0 unspecified atom stereocenters. The van der Waals surface area contributed by atoms with Crippen LogP contribution in [0.15, 0.2) is 12.4 Å². The van der Waals surface area contributed by atoms with Gasteiger partial charge in [-0.25, -0.2) is 4.68 Å². The molecular formula is C21H36N6. The summed E-state index contributed by atoms with van der Waals surface area (Å²) in [5.74, 6) is 1.31. The van der Waals surface area contributed by atoms with Gasteiger partial charge in [-0.2, -0.15) is 10.2 Å². The van der Waals surface area contributed by atoms with Crippen LogP contribution in [0.3, 0.4) is 0 Å². The lowest BCUT2D eigenvalue weighted by atomic mass is 9.87. The summed E-state index contributed by atoms with van der Waals surface area (Å²) in [5, 5.41) is 12.2. The molecule has 0 saturated heterocycles. The topological polar surface area (TPSA) is 50.9 Å². The van der Waals surface area contributed by atoms with Gasteiger partial charge in [-0.1, -0.05) is 41.5 Å². The third-order valence-corrected chi connectivity index (χ3v) is 5.39. The zero-order valence-electron chi connectivity index (χ0n) is 18.1. The number of anilines is 1. The van der Waals surface area contributed by atoms with E-state index in [1.54, 1.807) is 0 Å². The lowest BCUT2D eigenvalue weighted by molar-refractivity contribution is 0.464. The maximum Gasteiger partial charge on any atom is 0.130 e. The van der Waals surface area contributed by atoms with Crippen molar-refractivity contribution in [1.29, 1.82) is 0 Å². The summed E-state index contributed by atoms with van der Waals surface area (Å²) < 4.78 is 4.25. The lowest BCUT2D eigenvalue weighted by Gasteiger charge is -2.30. The average molecular weight is 373 g/mol. The molecule has 2 aliphatic rings. The molecule has 6 heteroatoms. The van der Waals surface area contributed by atoms with Gasteiger partial charge in [0.25, 0.3) is 0 Å². The Balaban J connectivity index is 0.000000156. The van der Waals surface area contributed by atoms with E-state index in [4.69, 9.17) is 0 Å². The van der Waals surface area contributed by atoms with Crippen molar-refractivity contribution in [3.05, 3.63) is 29.2 Å². The second kappa shape index (κ2) is 7.30. The van der Waals surface area contributed by atoms with Crippen LogP contribution in [0, 0.1) is 0 Å². The SMILES string of the molecule is CC(C)(C)c1cnn2c1CNCC2.CN1CCCn2ncc(C(C)(C)C)c21. The molecule has 0 saturated carbocycles. The summed E-state index contributed by atoms with van der Waals surface area (Å²) in [7, 11) is 2.15. The molecule has 4 rings (SSSR count). The molecule has 0 fully saturated rings. The molecule has 0 amide bonds. The van der Waals surface area contributed by atoms with Crippen molar-refractivity contribution in [2.24, 2.45) is 0 Å². The van der Waals surface area contributed by atoms with Crippen molar-refractivity contribution in [2.75, 3.05) is 25.0 Å². The first kappa shape index (κ1) is 19.9. The van der Waals surface area contributed by atoms with Crippen LogP contribution in [0.4, 0.5) is 5.82 Å². The highest BCUT2D eigenvalue weighted by molar-refractivity contribution is 5.50. The van der Waals surface area contributed by atoms with E-state index in [2.05, 4.69) is 78.4 Å². The van der Waals surface area contributed by atoms with Crippen molar-refractivity contribution in [3.63, 3.8) is 0 Å². The van der Waals surface area contributed by atoms with Gasteiger partial charge in [0.1, 0.15) is 5.82 Å². The number of hydrogen-bond donors (Lipinski definition) is 1. The number of rotatable bonds is 0. The Morgan fingerprint density at radius 3 is 2.15 bits per heavy atom. The maximum absolute atomic E-state index is 4.45. The summed E-state index contributed by atoms with van der Waals surface area (Å²) in [4.78, 5) is 2.32. The monoisotopic (exact) mass is 372 g/mol. The maximum atomic E-state index is 4.45. The fraction of sp³-hybridized carbons (Fsp3) is 0.714. The zero-order valence-corrected chi connectivity index (χ0v) is 18.1. The largest absolute Gasteiger partial charge is 0.360 e. The van der Waals surface area contributed by atoms with Crippen LogP contribution in [0.5, 0.6) is 0 Å². The molecule has 0 aromatic carbocycles. The highest BCUT2D eigenvalue weighted by Gasteiger charge is 2.26. The van der Waals surface area contributed by atoms with Crippen LogP contribution in [-0.2, 0) is 30.5 Å². The molecule has 0 radical (unpaired) electrons. The second-order valence-electron chi connectivity index (χ2n) is 9.78. The number of nitrogens with one attached hydrogen (secondary N) is 1. The van der Waals surface area contributed by atoms with Crippen LogP contribution >= 0.6 is 0 Å². The van der Waals surface area contributed by atoms with Crippen LogP contribution < -0.4 is 10.2 Å². The van der Waals surface area contributed by atoms with Crippen LogP contribution in [0.25, 0.3) is 0 Å². The Kier molecular flexibility index (Phi) is 5.39. The van der Waals surface area contributed by atoms with Crippen molar-refractivity contribution in [2.45, 2.75) is 78.4 Å². The lowest BCUT2D eigenvalue weighted by Crippen LogP contribution is -2.30. The Hall–Kier alpha value is -1.82. The van der Waals surface area contributed by atoms with E-state index in [1.807, 2.05) is 12.4 Å². The number of aromatic nitrogens is 4. The minimum Gasteiger partial charge on any atom is -0.360 e. The first-order valence-corrected chi connectivity index (χ1v) is 10.1. The molecule has 4 heterocycles. The van der Waals surface area contributed by atoms with Crippen molar-refractivity contribution in [3.8, 4) is 0 Å². The van der Waals surface area contributed by atoms with E-state index in [9.17, 15) is 0 Å². The Bertz CT molecular complexity index is 772. The fourth-order valence-electron chi connectivity index (χ4n) is 3.85. The smallest absolute Gasteiger partial charge is 0.130 e.